The second-order valence-corrected chi connectivity index (χ2v) is 9.81. The monoisotopic (exact) mass is 556 g/mol. The van der Waals surface area contributed by atoms with Gasteiger partial charge in [0.15, 0.2) is 11.6 Å². The molecule has 14 heteroatoms. The number of benzene rings is 1. The molecule has 0 saturated carbocycles. The lowest BCUT2D eigenvalue weighted by molar-refractivity contribution is 0.0256. The zero-order chi connectivity index (χ0) is 28.6. The van der Waals surface area contributed by atoms with Crippen LogP contribution in [0.1, 0.15) is 31.9 Å². The first kappa shape index (κ1) is 27.0. The third-order valence-corrected chi connectivity index (χ3v) is 6.38. The molecule has 1 saturated heterocycles. The van der Waals surface area contributed by atoms with Gasteiger partial charge in [0.25, 0.3) is 0 Å². The maximum atomic E-state index is 14.6. The minimum absolute atomic E-state index is 0.0758. The number of carbonyl (C=O) groups excluding carboxylic acids is 2. The maximum absolute atomic E-state index is 14.6. The summed E-state index contributed by atoms with van der Waals surface area (Å²) in [5.41, 5.74) is 1.44. The molecule has 2 N–H and O–H groups in total. The van der Waals surface area contributed by atoms with Crippen LogP contribution in [-0.2, 0) is 7.05 Å². The Kier molecular flexibility index (Phi) is 7.32. The molecule has 4 heterocycles. The number of hydrogen-bond acceptors (Lipinski definition) is 6. The molecule has 1 fully saturated rings. The molecule has 1 aromatic carbocycles. The van der Waals surface area contributed by atoms with Crippen molar-refractivity contribution in [1.82, 2.24) is 30.0 Å². The fraction of sp³-hybridized carbons (Fsp3) is 0.346. The topological polar surface area (TPSA) is 117 Å². The fourth-order valence-electron chi connectivity index (χ4n) is 4.53. The molecule has 2 aliphatic heterocycles. The Balaban J connectivity index is 1.25. The molecule has 4 amide bonds. The van der Waals surface area contributed by atoms with Gasteiger partial charge in [-0.3, -0.25) is 9.67 Å². The molecule has 5 rings (SSSR count). The predicted molar refractivity (Wildman–Crippen MR) is 139 cm³/mol. The number of halogens is 3. The van der Waals surface area contributed by atoms with Gasteiger partial charge in [-0.1, -0.05) is 0 Å². The van der Waals surface area contributed by atoms with Crippen LogP contribution in [0.25, 0.3) is 11.4 Å². The molecule has 1 atom stereocenters. The van der Waals surface area contributed by atoms with Crippen molar-refractivity contribution in [2.45, 2.75) is 38.5 Å². The summed E-state index contributed by atoms with van der Waals surface area (Å²) in [6.07, 6.45) is 3.80. The minimum atomic E-state index is -0.738. The molecular weight excluding hydrogens is 529 g/mol. The number of likely N-dealkylation sites (tertiary alicyclic amines) is 1. The van der Waals surface area contributed by atoms with Crippen molar-refractivity contribution in [3.05, 3.63) is 59.7 Å². The number of urea groups is 2. The van der Waals surface area contributed by atoms with Crippen LogP contribution in [-0.4, -0.2) is 68.2 Å². The van der Waals surface area contributed by atoms with E-state index >= 15 is 0 Å². The summed E-state index contributed by atoms with van der Waals surface area (Å²) in [5.74, 6) is -2.25. The van der Waals surface area contributed by atoms with E-state index in [2.05, 4.69) is 25.8 Å². The van der Waals surface area contributed by atoms with Gasteiger partial charge >= 0.3 is 12.1 Å². The van der Waals surface area contributed by atoms with Crippen molar-refractivity contribution in [2.24, 2.45) is 12.1 Å². The standard InChI is InChI=1S/C26H27F3N8O3/c1-14(2)33-25(38)34-21-11-32-35(3)24(21)20-9-23(19(29)10-30-20)40-18-12-36(13-18)26(39)37-22(4-5-31-37)15-6-16(27)8-17(28)7-15/h5-11,14,18,22H,4,12-13H2,1-3H3,(H2,33,34,38)/t22-/m0/s1. The van der Waals surface area contributed by atoms with Crippen LogP contribution in [0.3, 0.4) is 0 Å². The van der Waals surface area contributed by atoms with Crippen molar-refractivity contribution in [1.29, 1.82) is 0 Å². The second kappa shape index (κ2) is 10.9. The van der Waals surface area contributed by atoms with Gasteiger partial charge in [0.1, 0.15) is 23.4 Å². The van der Waals surface area contributed by atoms with Gasteiger partial charge < -0.3 is 20.3 Å². The quantitative estimate of drug-likeness (QED) is 0.475. The number of nitrogens with zero attached hydrogens (tertiary/aromatic N) is 6. The van der Waals surface area contributed by atoms with E-state index in [1.807, 2.05) is 13.8 Å². The van der Waals surface area contributed by atoms with Gasteiger partial charge in [-0.15, -0.1) is 0 Å². The number of amides is 4. The van der Waals surface area contributed by atoms with Crippen LogP contribution in [0.5, 0.6) is 5.75 Å². The Morgan fingerprint density at radius 2 is 1.80 bits per heavy atom. The van der Waals surface area contributed by atoms with Crippen molar-refractivity contribution in [3.63, 3.8) is 0 Å². The number of rotatable bonds is 6. The molecule has 210 valence electrons. The number of nitrogens with one attached hydrogen (secondary N) is 2. The summed E-state index contributed by atoms with van der Waals surface area (Å²) in [5, 5.41) is 14.9. The molecule has 2 aliphatic rings. The number of aryl methyl sites for hydroxylation is 1. The maximum Gasteiger partial charge on any atom is 0.341 e. The smallest absolute Gasteiger partial charge is 0.341 e. The Hall–Kier alpha value is -4.62. The fourth-order valence-corrected chi connectivity index (χ4v) is 4.53. The van der Waals surface area contributed by atoms with Crippen molar-refractivity contribution in [2.75, 3.05) is 18.4 Å². The van der Waals surface area contributed by atoms with Gasteiger partial charge in [0, 0.05) is 37.9 Å². The molecule has 0 aliphatic carbocycles. The average Bonchev–Trinajstić information content (AvgIpc) is 3.48. The Labute approximate surface area is 227 Å². The lowest BCUT2D eigenvalue weighted by Crippen LogP contribution is -2.58. The highest BCUT2D eigenvalue weighted by atomic mass is 19.1. The first-order valence-corrected chi connectivity index (χ1v) is 12.6. The summed E-state index contributed by atoms with van der Waals surface area (Å²) in [6, 6.07) is 2.93. The van der Waals surface area contributed by atoms with Crippen molar-refractivity contribution < 1.29 is 27.5 Å². The van der Waals surface area contributed by atoms with E-state index in [4.69, 9.17) is 4.74 Å². The normalized spacial score (nSPS) is 16.8. The molecule has 0 spiro atoms. The van der Waals surface area contributed by atoms with E-state index in [1.165, 1.54) is 45.2 Å². The van der Waals surface area contributed by atoms with Gasteiger partial charge in [-0.05, 0) is 31.5 Å². The number of anilines is 1. The number of pyridine rings is 1. The Morgan fingerprint density at radius 1 is 1.07 bits per heavy atom. The lowest BCUT2D eigenvalue weighted by atomic mass is 10.0. The van der Waals surface area contributed by atoms with Crippen LogP contribution in [0.4, 0.5) is 28.4 Å². The molecule has 40 heavy (non-hydrogen) atoms. The second-order valence-electron chi connectivity index (χ2n) is 9.81. The van der Waals surface area contributed by atoms with Crippen LogP contribution in [0, 0.1) is 17.5 Å². The van der Waals surface area contributed by atoms with Crippen LogP contribution < -0.4 is 15.4 Å². The summed E-state index contributed by atoms with van der Waals surface area (Å²) in [7, 11) is 1.66. The molecule has 0 bridgehead atoms. The number of aromatic nitrogens is 3. The summed E-state index contributed by atoms with van der Waals surface area (Å²) in [4.78, 5) is 30.8. The van der Waals surface area contributed by atoms with Crippen molar-refractivity contribution >= 4 is 24.0 Å². The first-order valence-electron chi connectivity index (χ1n) is 12.6. The molecule has 3 aromatic rings. The average molecular weight is 557 g/mol. The SMILES string of the molecule is CC(C)NC(=O)Nc1cnn(C)c1-c1cc(OC2CN(C(=O)N3N=CC[C@H]3c3cc(F)cc(F)c3)C2)c(F)cn1. The lowest BCUT2D eigenvalue weighted by Gasteiger charge is -2.41. The molecule has 11 nitrogen and oxygen atoms in total. The number of hydrazone groups is 1. The molecule has 2 aromatic heterocycles. The van der Waals surface area contributed by atoms with Gasteiger partial charge in [-0.25, -0.2) is 27.8 Å². The zero-order valence-electron chi connectivity index (χ0n) is 21.9. The Morgan fingerprint density at radius 3 is 2.50 bits per heavy atom. The third kappa shape index (κ3) is 5.55. The van der Waals surface area contributed by atoms with E-state index < -0.39 is 41.7 Å². The van der Waals surface area contributed by atoms with E-state index in [0.29, 0.717) is 29.1 Å². The third-order valence-electron chi connectivity index (χ3n) is 6.38. The van der Waals surface area contributed by atoms with Crippen LogP contribution in [0.15, 0.2) is 41.8 Å². The highest BCUT2D eigenvalue weighted by molar-refractivity contribution is 5.93. The van der Waals surface area contributed by atoms with Crippen LogP contribution in [0.2, 0.25) is 0 Å². The van der Waals surface area contributed by atoms with Crippen LogP contribution >= 0.6 is 0 Å². The number of ether oxygens (including phenoxy) is 1. The number of hydrogen-bond donors (Lipinski definition) is 2. The van der Waals surface area contributed by atoms with Gasteiger partial charge in [0.2, 0.25) is 0 Å². The van der Waals surface area contributed by atoms with Gasteiger partial charge in [0.05, 0.1) is 42.9 Å². The molecular formula is C26H27F3N8O3. The van der Waals surface area contributed by atoms with E-state index in [9.17, 15) is 22.8 Å². The van der Waals surface area contributed by atoms with Gasteiger partial charge in [-0.2, -0.15) is 10.2 Å². The highest BCUT2D eigenvalue weighted by Gasteiger charge is 2.39. The first-order chi connectivity index (χ1) is 19.1. The van der Waals surface area contributed by atoms with Crippen molar-refractivity contribution in [3.8, 4) is 17.1 Å². The summed E-state index contributed by atoms with van der Waals surface area (Å²) in [6.45, 7) is 3.96. The Bertz CT molecular complexity index is 1450. The highest BCUT2D eigenvalue weighted by Crippen LogP contribution is 2.33. The summed E-state index contributed by atoms with van der Waals surface area (Å²) < 4.78 is 49.4. The number of carbonyl (C=O) groups is 2. The summed E-state index contributed by atoms with van der Waals surface area (Å²) >= 11 is 0. The molecule has 0 radical (unpaired) electrons. The van der Waals surface area contributed by atoms with E-state index in [1.54, 1.807) is 7.05 Å². The predicted octanol–water partition coefficient (Wildman–Crippen LogP) is 4.05. The largest absolute Gasteiger partial charge is 0.483 e. The minimum Gasteiger partial charge on any atom is -0.483 e. The zero-order valence-corrected chi connectivity index (χ0v) is 21.9. The van der Waals surface area contributed by atoms with E-state index in [0.717, 1.165) is 12.3 Å². The van der Waals surface area contributed by atoms with E-state index in [-0.39, 0.29) is 24.9 Å². The molecule has 0 unspecified atom stereocenters.